The Kier molecular flexibility index (Phi) is 3.73. The molecule has 0 bridgehead atoms. The van der Waals surface area contributed by atoms with Crippen molar-refractivity contribution >= 4 is 16.7 Å². The number of fused-ring (bicyclic) bond motifs is 1. The van der Waals surface area contributed by atoms with Crippen LogP contribution >= 0.6 is 0 Å². The highest BCUT2D eigenvalue weighted by atomic mass is 19.1. The number of ketones is 1. The van der Waals surface area contributed by atoms with E-state index in [1.54, 1.807) is 12.1 Å². The number of carbonyl (C=O) groups excluding carboxylic acids is 1. The fraction of sp³-hybridized carbons (Fsp3) is 0.111. The van der Waals surface area contributed by atoms with Gasteiger partial charge in [-0.3, -0.25) is 9.78 Å². The number of para-hydroxylation sites is 1. The van der Waals surface area contributed by atoms with Crippen molar-refractivity contribution < 1.29 is 9.18 Å². The lowest BCUT2D eigenvalue weighted by molar-refractivity contribution is -0.117. The zero-order valence-electron chi connectivity index (χ0n) is 11.4. The average Bonchev–Trinajstić information content (AvgIpc) is 2.47. The van der Waals surface area contributed by atoms with Crippen LogP contribution in [0.25, 0.3) is 10.9 Å². The van der Waals surface area contributed by atoms with Crippen molar-refractivity contribution in [2.75, 3.05) is 0 Å². The highest BCUT2D eigenvalue weighted by Gasteiger charge is 2.07. The van der Waals surface area contributed by atoms with E-state index in [0.717, 1.165) is 16.6 Å². The van der Waals surface area contributed by atoms with Gasteiger partial charge in [0.05, 0.1) is 5.52 Å². The molecule has 3 rings (SSSR count). The summed E-state index contributed by atoms with van der Waals surface area (Å²) in [6.45, 7) is 0. The van der Waals surface area contributed by atoms with Crippen LogP contribution in [0.5, 0.6) is 0 Å². The smallest absolute Gasteiger partial charge is 0.143 e. The number of hydrogen-bond acceptors (Lipinski definition) is 2. The van der Waals surface area contributed by atoms with E-state index in [1.807, 2.05) is 36.4 Å². The third kappa shape index (κ3) is 3.31. The van der Waals surface area contributed by atoms with Crippen LogP contribution in [0.1, 0.15) is 11.3 Å². The molecule has 0 radical (unpaired) electrons. The first-order chi connectivity index (χ1) is 10.2. The standard InChI is InChI=1S/C18H14FNO/c19-15-6-3-4-13(10-15)11-17(21)12-16-9-8-14-5-1-2-7-18(14)20-16/h1-10H,11-12H2. The average molecular weight is 279 g/mol. The molecule has 3 heteroatoms. The van der Waals surface area contributed by atoms with Crippen LogP contribution in [-0.4, -0.2) is 10.8 Å². The van der Waals surface area contributed by atoms with Crippen molar-refractivity contribution in [3.63, 3.8) is 0 Å². The summed E-state index contributed by atoms with van der Waals surface area (Å²) in [5.74, 6) is -0.285. The Hall–Kier alpha value is -2.55. The first-order valence-electron chi connectivity index (χ1n) is 6.81. The molecule has 0 spiro atoms. The van der Waals surface area contributed by atoms with Gasteiger partial charge in [0.1, 0.15) is 11.6 Å². The maximum atomic E-state index is 13.1. The van der Waals surface area contributed by atoms with Gasteiger partial charge >= 0.3 is 0 Å². The number of hydrogen-bond donors (Lipinski definition) is 0. The molecule has 21 heavy (non-hydrogen) atoms. The second kappa shape index (κ2) is 5.83. The minimum absolute atomic E-state index is 0.0309. The second-order valence-electron chi connectivity index (χ2n) is 5.02. The highest BCUT2D eigenvalue weighted by molar-refractivity contribution is 5.84. The zero-order valence-corrected chi connectivity index (χ0v) is 11.4. The van der Waals surface area contributed by atoms with Crippen LogP contribution in [0.3, 0.4) is 0 Å². The molecule has 104 valence electrons. The van der Waals surface area contributed by atoms with Crippen molar-refractivity contribution in [1.29, 1.82) is 0 Å². The summed E-state index contributed by atoms with van der Waals surface area (Å²) in [7, 11) is 0. The molecule has 1 heterocycles. The van der Waals surface area contributed by atoms with Gasteiger partial charge in [0, 0.05) is 23.9 Å². The Bertz CT molecular complexity index is 798. The predicted molar refractivity (Wildman–Crippen MR) is 80.6 cm³/mol. The van der Waals surface area contributed by atoms with E-state index in [-0.39, 0.29) is 24.4 Å². The molecular weight excluding hydrogens is 265 g/mol. The van der Waals surface area contributed by atoms with E-state index in [2.05, 4.69) is 4.98 Å². The van der Waals surface area contributed by atoms with Gasteiger partial charge in [0.25, 0.3) is 0 Å². The predicted octanol–water partition coefficient (Wildman–Crippen LogP) is 3.73. The Morgan fingerprint density at radius 2 is 1.81 bits per heavy atom. The Labute approximate surface area is 122 Å². The number of aromatic nitrogens is 1. The number of Topliss-reactive ketones (excluding diaryl/α,β-unsaturated/α-hetero) is 1. The lowest BCUT2D eigenvalue weighted by Crippen LogP contribution is -2.08. The second-order valence-corrected chi connectivity index (χ2v) is 5.02. The number of rotatable bonds is 4. The molecule has 0 aliphatic carbocycles. The highest BCUT2D eigenvalue weighted by Crippen LogP contribution is 2.13. The third-order valence-corrected chi connectivity index (χ3v) is 3.32. The first-order valence-corrected chi connectivity index (χ1v) is 6.81. The maximum absolute atomic E-state index is 13.1. The molecule has 0 saturated carbocycles. The van der Waals surface area contributed by atoms with Crippen LogP contribution in [0.15, 0.2) is 60.7 Å². The molecule has 0 aliphatic heterocycles. The quantitative estimate of drug-likeness (QED) is 0.728. The van der Waals surface area contributed by atoms with Gasteiger partial charge < -0.3 is 0 Å². The summed E-state index contributed by atoms with van der Waals surface area (Å²) in [5.41, 5.74) is 2.32. The maximum Gasteiger partial charge on any atom is 0.143 e. The van der Waals surface area contributed by atoms with Crippen molar-refractivity contribution in [3.8, 4) is 0 Å². The summed E-state index contributed by atoms with van der Waals surface area (Å²) in [5, 5.41) is 1.05. The number of benzene rings is 2. The van der Waals surface area contributed by atoms with Crippen LogP contribution < -0.4 is 0 Å². The molecule has 0 N–H and O–H groups in total. The molecule has 0 atom stereocenters. The summed E-state index contributed by atoms with van der Waals surface area (Å²) < 4.78 is 13.1. The third-order valence-electron chi connectivity index (χ3n) is 3.32. The fourth-order valence-corrected chi connectivity index (χ4v) is 2.35. The minimum atomic E-state index is -0.316. The van der Waals surface area contributed by atoms with Gasteiger partial charge in [-0.15, -0.1) is 0 Å². The number of carbonyl (C=O) groups is 1. The molecule has 2 nitrogen and oxygen atoms in total. The zero-order chi connectivity index (χ0) is 14.7. The van der Waals surface area contributed by atoms with Crippen molar-refractivity contribution in [2.24, 2.45) is 0 Å². The lowest BCUT2D eigenvalue weighted by Gasteiger charge is -2.03. The van der Waals surface area contributed by atoms with Gasteiger partial charge in [-0.2, -0.15) is 0 Å². The van der Waals surface area contributed by atoms with Crippen LogP contribution in [0, 0.1) is 5.82 Å². The molecule has 1 aromatic heterocycles. The number of halogens is 1. The van der Waals surface area contributed by atoms with Crippen LogP contribution in [-0.2, 0) is 17.6 Å². The van der Waals surface area contributed by atoms with E-state index in [1.165, 1.54) is 12.1 Å². The number of pyridine rings is 1. The summed E-state index contributed by atoms with van der Waals surface area (Å²) in [6, 6.07) is 17.8. The lowest BCUT2D eigenvalue weighted by atomic mass is 10.0. The van der Waals surface area contributed by atoms with Gasteiger partial charge in [-0.1, -0.05) is 36.4 Å². The molecule has 0 aliphatic rings. The van der Waals surface area contributed by atoms with Gasteiger partial charge in [0.15, 0.2) is 0 Å². The van der Waals surface area contributed by atoms with E-state index in [0.29, 0.717) is 5.56 Å². The largest absolute Gasteiger partial charge is 0.299 e. The summed E-state index contributed by atoms with van der Waals surface area (Å²) >= 11 is 0. The van der Waals surface area contributed by atoms with Crippen molar-refractivity contribution in [2.45, 2.75) is 12.8 Å². The Morgan fingerprint density at radius 1 is 0.952 bits per heavy atom. The Balaban J connectivity index is 1.74. The van der Waals surface area contributed by atoms with E-state index in [9.17, 15) is 9.18 Å². The number of nitrogens with zero attached hydrogens (tertiary/aromatic N) is 1. The fourth-order valence-electron chi connectivity index (χ4n) is 2.35. The van der Waals surface area contributed by atoms with Gasteiger partial charge in [-0.05, 0) is 29.8 Å². The molecule has 0 unspecified atom stereocenters. The van der Waals surface area contributed by atoms with E-state index in [4.69, 9.17) is 0 Å². The van der Waals surface area contributed by atoms with Gasteiger partial charge in [-0.25, -0.2) is 4.39 Å². The normalized spacial score (nSPS) is 10.7. The minimum Gasteiger partial charge on any atom is -0.299 e. The molecule has 2 aromatic carbocycles. The SMILES string of the molecule is O=C(Cc1cccc(F)c1)Cc1ccc2ccccc2n1. The topological polar surface area (TPSA) is 30.0 Å². The molecule has 0 saturated heterocycles. The molecular formula is C18H14FNO. The van der Waals surface area contributed by atoms with Crippen LogP contribution in [0.2, 0.25) is 0 Å². The summed E-state index contributed by atoms with van der Waals surface area (Å²) in [6.07, 6.45) is 0.494. The molecule has 3 aromatic rings. The van der Waals surface area contributed by atoms with E-state index >= 15 is 0 Å². The van der Waals surface area contributed by atoms with E-state index < -0.39 is 0 Å². The molecule has 0 amide bonds. The monoisotopic (exact) mass is 279 g/mol. The molecule has 0 fully saturated rings. The van der Waals surface area contributed by atoms with Crippen LogP contribution in [0.4, 0.5) is 4.39 Å². The van der Waals surface area contributed by atoms with Crippen molar-refractivity contribution in [1.82, 2.24) is 4.98 Å². The van der Waals surface area contributed by atoms with Crippen molar-refractivity contribution in [3.05, 3.63) is 77.7 Å². The Morgan fingerprint density at radius 3 is 2.67 bits per heavy atom. The van der Waals surface area contributed by atoms with Gasteiger partial charge in [0.2, 0.25) is 0 Å². The summed E-state index contributed by atoms with van der Waals surface area (Å²) in [4.78, 5) is 16.5. The first kappa shape index (κ1) is 13.4.